The number of nitro groups is 1. The molecular weight excluding hydrogens is 443 g/mol. The molecule has 2 aromatic carbocycles. The number of halogens is 4. The molecule has 152 valence electrons. The first-order valence-corrected chi connectivity index (χ1v) is 9.20. The van der Waals surface area contributed by atoms with Gasteiger partial charge in [0.05, 0.1) is 10.5 Å². The van der Waals surface area contributed by atoms with E-state index in [-0.39, 0.29) is 11.1 Å². The molecule has 0 saturated heterocycles. The minimum Gasteiger partial charge on any atom is -0.423 e. The Morgan fingerprint density at radius 2 is 1.79 bits per heavy atom. The molecule has 0 spiro atoms. The van der Waals surface area contributed by atoms with Crippen LogP contribution in [0.5, 0.6) is 5.75 Å². The van der Waals surface area contributed by atoms with E-state index in [9.17, 15) is 36.5 Å². The zero-order valence-corrected chi connectivity index (χ0v) is 15.3. The maximum absolute atomic E-state index is 13.1. The Balaban J connectivity index is 2.09. The third-order valence-electron chi connectivity index (χ3n) is 3.61. The molecule has 13 heteroatoms. The van der Waals surface area contributed by atoms with Gasteiger partial charge in [0.2, 0.25) is 0 Å². The van der Waals surface area contributed by atoms with Gasteiger partial charge < -0.3 is 8.60 Å². The van der Waals surface area contributed by atoms with Crippen LogP contribution in [0.1, 0.15) is 5.56 Å². The van der Waals surface area contributed by atoms with Gasteiger partial charge >= 0.3 is 21.9 Å². The minimum atomic E-state index is -4.85. The Morgan fingerprint density at radius 3 is 2.41 bits per heavy atom. The topological polar surface area (TPSA) is 117 Å². The number of hydrogen-bond acceptors (Lipinski definition) is 7. The molecule has 0 bridgehead atoms. The second kappa shape index (κ2) is 7.04. The van der Waals surface area contributed by atoms with Gasteiger partial charge in [0.15, 0.2) is 4.90 Å². The average Bonchev–Trinajstić information content (AvgIpc) is 2.59. The van der Waals surface area contributed by atoms with Crippen molar-refractivity contribution in [3.63, 3.8) is 0 Å². The molecule has 0 fully saturated rings. The van der Waals surface area contributed by atoms with Crippen molar-refractivity contribution in [1.29, 1.82) is 0 Å². The van der Waals surface area contributed by atoms with Crippen molar-refractivity contribution in [2.45, 2.75) is 11.1 Å². The first-order valence-electron chi connectivity index (χ1n) is 7.42. The minimum absolute atomic E-state index is 0.0946. The molecule has 3 rings (SSSR count). The van der Waals surface area contributed by atoms with E-state index in [1.807, 2.05) is 0 Å². The highest BCUT2D eigenvalue weighted by Crippen LogP contribution is 2.36. The van der Waals surface area contributed by atoms with Crippen LogP contribution in [-0.4, -0.2) is 13.3 Å². The Bertz CT molecular complexity index is 1300. The van der Waals surface area contributed by atoms with Gasteiger partial charge in [-0.1, -0.05) is 11.6 Å². The van der Waals surface area contributed by atoms with Crippen LogP contribution in [0, 0.1) is 10.1 Å². The van der Waals surface area contributed by atoms with Gasteiger partial charge in [0.1, 0.15) is 11.3 Å². The Kier molecular flexibility index (Phi) is 5.01. The Hall–Kier alpha value is -3.12. The molecule has 0 unspecified atom stereocenters. The summed E-state index contributed by atoms with van der Waals surface area (Å²) in [6, 6.07) is 5.48. The number of nitro benzene ring substituents is 1. The van der Waals surface area contributed by atoms with E-state index in [0.717, 1.165) is 36.4 Å². The van der Waals surface area contributed by atoms with Gasteiger partial charge in [-0.15, -0.1) is 0 Å². The van der Waals surface area contributed by atoms with Gasteiger partial charge in [-0.25, -0.2) is 4.79 Å². The highest BCUT2D eigenvalue weighted by atomic mass is 35.5. The summed E-state index contributed by atoms with van der Waals surface area (Å²) in [7, 11) is -4.77. The van der Waals surface area contributed by atoms with E-state index in [4.69, 9.17) is 15.8 Å². The predicted octanol–water partition coefficient (Wildman–Crippen LogP) is 4.14. The van der Waals surface area contributed by atoms with Crippen molar-refractivity contribution in [3.05, 3.63) is 73.6 Å². The number of rotatable bonds is 4. The lowest BCUT2D eigenvalue weighted by molar-refractivity contribution is -0.387. The number of fused-ring (bicyclic) bond motifs is 1. The molecule has 0 aliphatic heterocycles. The van der Waals surface area contributed by atoms with Gasteiger partial charge in [-0.05, 0) is 24.3 Å². The fourth-order valence-corrected chi connectivity index (χ4v) is 3.68. The molecule has 0 aliphatic carbocycles. The average molecular weight is 450 g/mol. The van der Waals surface area contributed by atoms with Crippen LogP contribution in [0.3, 0.4) is 0 Å². The van der Waals surface area contributed by atoms with E-state index in [1.54, 1.807) is 0 Å². The van der Waals surface area contributed by atoms with Crippen molar-refractivity contribution in [3.8, 4) is 5.75 Å². The van der Waals surface area contributed by atoms with Crippen molar-refractivity contribution in [2.75, 3.05) is 0 Å². The maximum Gasteiger partial charge on any atom is 0.417 e. The zero-order chi connectivity index (χ0) is 21.6. The first kappa shape index (κ1) is 20.6. The van der Waals surface area contributed by atoms with Gasteiger partial charge in [-0.3, -0.25) is 10.1 Å². The molecule has 0 N–H and O–H groups in total. The van der Waals surface area contributed by atoms with Crippen LogP contribution in [0.4, 0.5) is 18.9 Å². The number of benzene rings is 2. The molecule has 0 radical (unpaired) electrons. The lowest BCUT2D eigenvalue weighted by Gasteiger charge is -2.11. The summed E-state index contributed by atoms with van der Waals surface area (Å²) >= 11 is 5.63. The summed E-state index contributed by atoms with van der Waals surface area (Å²) < 4.78 is 73.5. The van der Waals surface area contributed by atoms with Crippen molar-refractivity contribution < 1.29 is 35.1 Å². The molecule has 8 nitrogen and oxygen atoms in total. The van der Waals surface area contributed by atoms with Crippen LogP contribution in [-0.2, 0) is 16.3 Å². The van der Waals surface area contributed by atoms with Crippen LogP contribution in [0.2, 0.25) is 5.02 Å². The SMILES string of the molecule is O=c1cc(C(F)(F)F)c2ccc(OS(=O)(=O)c3ccc(Cl)cc3[N+](=O)[O-])cc2o1. The van der Waals surface area contributed by atoms with E-state index < -0.39 is 59.7 Å². The molecule has 0 atom stereocenters. The van der Waals surface area contributed by atoms with Gasteiger partial charge in [0, 0.05) is 28.6 Å². The second-order valence-corrected chi connectivity index (χ2v) is 7.49. The van der Waals surface area contributed by atoms with E-state index in [0.29, 0.717) is 0 Å². The largest absolute Gasteiger partial charge is 0.423 e. The van der Waals surface area contributed by atoms with Crippen LogP contribution in [0.15, 0.2) is 56.6 Å². The van der Waals surface area contributed by atoms with Crippen LogP contribution in [0.25, 0.3) is 11.0 Å². The van der Waals surface area contributed by atoms with Crippen LogP contribution < -0.4 is 9.81 Å². The molecule has 1 heterocycles. The smallest absolute Gasteiger partial charge is 0.417 e. The Labute approximate surface area is 164 Å². The van der Waals surface area contributed by atoms with E-state index in [2.05, 4.69) is 4.42 Å². The third-order valence-corrected chi connectivity index (χ3v) is 5.15. The monoisotopic (exact) mass is 449 g/mol. The van der Waals surface area contributed by atoms with Crippen molar-refractivity contribution >= 4 is 38.4 Å². The highest BCUT2D eigenvalue weighted by Gasteiger charge is 2.34. The lowest BCUT2D eigenvalue weighted by atomic mass is 10.1. The fourth-order valence-electron chi connectivity index (χ4n) is 2.45. The maximum atomic E-state index is 13.1. The first-order chi connectivity index (χ1) is 13.4. The lowest BCUT2D eigenvalue weighted by Crippen LogP contribution is -2.13. The molecule has 0 amide bonds. The number of nitrogens with zero attached hydrogens (tertiary/aromatic N) is 1. The second-order valence-electron chi connectivity index (χ2n) is 5.54. The van der Waals surface area contributed by atoms with Crippen molar-refractivity contribution in [2.24, 2.45) is 0 Å². The van der Waals surface area contributed by atoms with Gasteiger partial charge in [-0.2, -0.15) is 21.6 Å². The molecule has 0 aliphatic rings. The van der Waals surface area contributed by atoms with E-state index in [1.165, 1.54) is 0 Å². The normalized spacial score (nSPS) is 12.1. The van der Waals surface area contributed by atoms with Crippen molar-refractivity contribution in [1.82, 2.24) is 0 Å². The highest BCUT2D eigenvalue weighted by molar-refractivity contribution is 7.87. The summed E-state index contributed by atoms with van der Waals surface area (Å²) in [5, 5.41) is 10.5. The standard InChI is InChI=1S/C16H7ClF3NO7S/c17-8-1-4-14(12(5-8)21(23)24)29(25,26)28-9-2-3-10-11(16(18,19)20)7-15(22)27-13(10)6-9/h1-7H. The summed E-state index contributed by atoms with van der Waals surface area (Å²) in [5.74, 6) is -0.524. The quantitative estimate of drug-likeness (QED) is 0.254. The summed E-state index contributed by atoms with van der Waals surface area (Å²) in [4.78, 5) is 20.7. The molecule has 1 aromatic heterocycles. The molecule has 3 aromatic rings. The Morgan fingerprint density at radius 1 is 1.10 bits per heavy atom. The zero-order valence-electron chi connectivity index (χ0n) is 13.8. The summed E-state index contributed by atoms with van der Waals surface area (Å²) in [6.45, 7) is 0. The predicted molar refractivity (Wildman–Crippen MR) is 93.4 cm³/mol. The fraction of sp³-hybridized carbons (Fsp3) is 0.0625. The molecule has 0 saturated carbocycles. The molecular formula is C16H7ClF3NO7S. The number of alkyl halides is 3. The third kappa shape index (κ3) is 4.17. The number of hydrogen-bond donors (Lipinski definition) is 0. The summed E-state index contributed by atoms with van der Waals surface area (Å²) in [6.07, 6.45) is -4.85. The summed E-state index contributed by atoms with van der Waals surface area (Å²) in [5.41, 5.74) is -4.02. The van der Waals surface area contributed by atoms with E-state index >= 15 is 0 Å². The van der Waals surface area contributed by atoms with Crippen LogP contribution >= 0.6 is 11.6 Å². The molecule has 29 heavy (non-hydrogen) atoms. The van der Waals surface area contributed by atoms with Gasteiger partial charge in [0.25, 0.3) is 5.69 Å².